The van der Waals surface area contributed by atoms with Crippen molar-refractivity contribution in [1.29, 1.82) is 0 Å². The Kier molecular flexibility index (Phi) is 9.33. The highest BCUT2D eigenvalue weighted by atomic mass is 16.5. The summed E-state index contributed by atoms with van der Waals surface area (Å²) in [4.78, 5) is 26.4. The fourth-order valence-corrected chi connectivity index (χ4v) is 3.68. The van der Waals surface area contributed by atoms with Crippen molar-refractivity contribution in [3.8, 4) is 11.5 Å². The van der Waals surface area contributed by atoms with E-state index in [-0.39, 0.29) is 12.2 Å². The Morgan fingerprint density at radius 3 is 2.57 bits per heavy atom. The molecule has 0 saturated carbocycles. The van der Waals surface area contributed by atoms with E-state index in [1.807, 2.05) is 50.2 Å². The minimum absolute atomic E-state index is 0.104. The molecule has 0 unspecified atom stereocenters. The molecule has 198 valence electrons. The first-order valence-corrected chi connectivity index (χ1v) is 11.7. The number of esters is 1. The predicted molar refractivity (Wildman–Crippen MR) is 140 cm³/mol. The summed E-state index contributed by atoms with van der Waals surface area (Å²) < 4.78 is 16.4. The molecule has 0 aliphatic carbocycles. The van der Waals surface area contributed by atoms with Crippen LogP contribution in [0.1, 0.15) is 31.0 Å². The number of carbonyl (C=O) groups is 2. The number of allylic oxidation sites excluding steroid dienone is 1. The molecule has 37 heavy (non-hydrogen) atoms. The molecule has 1 aliphatic rings. The smallest absolute Gasteiger partial charge is 0.337 e. The Balaban J connectivity index is 1.67. The number of urea groups is 1. The number of nitrogens with one attached hydrogen (secondary N) is 3. The largest absolute Gasteiger partial charge is 0.490 e. The maximum absolute atomic E-state index is 12.4. The Bertz CT molecular complexity index is 1160. The van der Waals surface area contributed by atoms with Crippen LogP contribution in [0.2, 0.25) is 0 Å². The Morgan fingerprint density at radius 2 is 1.92 bits per heavy atom. The number of hydrogen-bond donors (Lipinski definition) is 4. The number of aliphatic hydroxyl groups is 1. The summed E-state index contributed by atoms with van der Waals surface area (Å²) in [5.74, 6) is 0.221. The van der Waals surface area contributed by atoms with Crippen molar-refractivity contribution in [2.75, 3.05) is 39.3 Å². The topological polar surface area (TPSA) is 134 Å². The molecule has 0 spiro atoms. The average molecular weight is 512 g/mol. The molecule has 2 atom stereocenters. The van der Waals surface area contributed by atoms with Crippen LogP contribution in [-0.2, 0) is 9.53 Å². The molecule has 2 aromatic carbocycles. The lowest BCUT2D eigenvalue weighted by molar-refractivity contribution is -0.136. The maximum Gasteiger partial charge on any atom is 0.337 e. The summed E-state index contributed by atoms with van der Waals surface area (Å²) in [6, 6.07) is 11.7. The van der Waals surface area contributed by atoms with Crippen molar-refractivity contribution in [2.24, 2.45) is 5.10 Å². The lowest BCUT2D eigenvalue weighted by Crippen LogP contribution is -2.45. The Hall–Kier alpha value is -4.25. The molecular weight excluding hydrogens is 478 g/mol. The van der Waals surface area contributed by atoms with Gasteiger partial charge in [0.15, 0.2) is 17.7 Å². The molecule has 1 aliphatic heterocycles. The van der Waals surface area contributed by atoms with E-state index in [1.165, 1.54) is 7.11 Å². The molecule has 2 amide bonds. The first-order valence-electron chi connectivity index (χ1n) is 11.7. The minimum Gasteiger partial charge on any atom is -0.490 e. The third-order valence-corrected chi connectivity index (χ3v) is 5.52. The number of benzene rings is 2. The number of anilines is 1. The number of carbonyl (C=O) groups excluding carboxylic acids is 2. The third-order valence-electron chi connectivity index (χ3n) is 5.52. The van der Waals surface area contributed by atoms with Crippen LogP contribution in [0, 0.1) is 0 Å². The fourth-order valence-electron chi connectivity index (χ4n) is 3.68. The van der Waals surface area contributed by atoms with Crippen LogP contribution >= 0.6 is 0 Å². The number of amides is 2. The van der Waals surface area contributed by atoms with Gasteiger partial charge in [0.2, 0.25) is 0 Å². The Morgan fingerprint density at radius 1 is 1.19 bits per heavy atom. The van der Waals surface area contributed by atoms with E-state index < -0.39 is 24.3 Å². The van der Waals surface area contributed by atoms with Crippen molar-refractivity contribution in [3.63, 3.8) is 0 Å². The molecule has 0 aromatic heterocycles. The summed E-state index contributed by atoms with van der Waals surface area (Å²) in [5, 5.41) is 19.6. The highest BCUT2D eigenvalue weighted by Crippen LogP contribution is 2.34. The first-order chi connectivity index (χ1) is 17.7. The van der Waals surface area contributed by atoms with Crippen molar-refractivity contribution in [3.05, 3.63) is 64.9 Å². The first kappa shape index (κ1) is 27.3. The van der Waals surface area contributed by atoms with E-state index in [4.69, 9.17) is 14.2 Å². The van der Waals surface area contributed by atoms with Gasteiger partial charge in [-0.25, -0.2) is 9.59 Å². The Labute approximate surface area is 216 Å². The van der Waals surface area contributed by atoms with E-state index >= 15 is 0 Å². The monoisotopic (exact) mass is 511 g/mol. The highest BCUT2D eigenvalue weighted by molar-refractivity contribution is 5.95. The number of rotatable bonds is 11. The zero-order chi connectivity index (χ0) is 26.9. The summed E-state index contributed by atoms with van der Waals surface area (Å²) in [6.07, 6.45) is 0.525. The molecule has 1 heterocycles. The molecule has 0 saturated heterocycles. The molecule has 11 nitrogen and oxygen atoms in total. The second-order valence-electron chi connectivity index (χ2n) is 8.40. The second kappa shape index (κ2) is 12.6. The van der Waals surface area contributed by atoms with Gasteiger partial charge in [0.1, 0.15) is 6.61 Å². The normalized spacial score (nSPS) is 16.1. The van der Waals surface area contributed by atoms with Crippen LogP contribution < -0.4 is 30.4 Å². The van der Waals surface area contributed by atoms with Crippen molar-refractivity contribution < 1.29 is 28.9 Å². The zero-order valence-corrected chi connectivity index (χ0v) is 21.6. The highest BCUT2D eigenvalue weighted by Gasteiger charge is 2.32. The molecule has 4 N–H and O–H groups in total. The minimum atomic E-state index is -1.08. The maximum atomic E-state index is 12.4. The number of nitrogens with zero attached hydrogens (tertiary/aromatic N) is 2. The van der Waals surface area contributed by atoms with E-state index in [1.54, 1.807) is 31.3 Å². The van der Waals surface area contributed by atoms with Crippen LogP contribution in [0.5, 0.6) is 11.5 Å². The number of hydrogen-bond acceptors (Lipinski definition) is 9. The lowest BCUT2D eigenvalue weighted by atomic mass is 9.95. The van der Waals surface area contributed by atoms with E-state index in [0.717, 1.165) is 11.3 Å². The second-order valence-corrected chi connectivity index (χ2v) is 8.40. The molecule has 0 fully saturated rings. The quantitative estimate of drug-likeness (QED) is 0.156. The molecule has 3 rings (SSSR count). The molecule has 0 bridgehead atoms. The van der Waals surface area contributed by atoms with Crippen LogP contribution in [-0.4, -0.2) is 64.0 Å². The summed E-state index contributed by atoms with van der Waals surface area (Å²) >= 11 is 0. The molecular formula is C26H33N5O6. The van der Waals surface area contributed by atoms with Gasteiger partial charge in [0, 0.05) is 25.5 Å². The zero-order valence-electron chi connectivity index (χ0n) is 21.6. The summed E-state index contributed by atoms with van der Waals surface area (Å²) in [5.41, 5.74) is 5.87. The van der Waals surface area contributed by atoms with Crippen LogP contribution in [0.3, 0.4) is 0 Å². The number of ether oxygens (including phenoxy) is 3. The van der Waals surface area contributed by atoms with Gasteiger partial charge in [-0.3, -0.25) is 5.43 Å². The summed E-state index contributed by atoms with van der Waals surface area (Å²) in [7, 11) is 5.21. The standard InChI is InChI=1S/C26H33N5O6/c1-6-36-21-13-18(24-23(25(33)35-5)16(2)28-26(34)29-24)9-12-20(21)37-15-22(32)30-27-14-17-7-10-19(11-8-17)31(3)4/h7-14,22,24,30,32H,6,15H2,1-5H3,(H2,28,29,34)/b27-14-/t22-,24+/m1/s1. The summed E-state index contributed by atoms with van der Waals surface area (Å²) in [6.45, 7) is 3.71. The number of hydrazone groups is 1. The van der Waals surface area contributed by atoms with E-state index in [9.17, 15) is 14.7 Å². The lowest BCUT2D eigenvalue weighted by Gasteiger charge is -2.28. The number of aliphatic hydroxyl groups excluding tert-OH is 1. The van der Waals surface area contributed by atoms with Crippen molar-refractivity contribution in [1.82, 2.24) is 16.1 Å². The average Bonchev–Trinajstić information content (AvgIpc) is 2.87. The van der Waals surface area contributed by atoms with Crippen molar-refractivity contribution in [2.45, 2.75) is 26.1 Å². The third kappa shape index (κ3) is 7.14. The SMILES string of the molecule is CCOc1cc([C@@H]2NC(=O)NC(C)=C2C(=O)OC)ccc1OC[C@@H](O)N/N=C\c1ccc(N(C)C)cc1. The van der Waals surface area contributed by atoms with Crippen LogP contribution in [0.4, 0.5) is 10.5 Å². The van der Waals surface area contributed by atoms with E-state index in [2.05, 4.69) is 21.2 Å². The van der Waals surface area contributed by atoms with Gasteiger partial charge < -0.3 is 34.9 Å². The van der Waals surface area contributed by atoms with Gasteiger partial charge in [0.05, 0.1) is 31.5 Å². The van der Waals surface area contributed by atoms with Gasteiger partial charge in [0.25, 0.3) is 0 Å². The molecule has 2 aromatic rings. The van der Waals surface area contributed by atoms with Gasteiger partial charge in [-0.15, -0.1) is 0 Å². The number of methoxy groups -OCH3 is 1. The van der Waals surface area contributed by atoms with Crippen LogP contribution in [0.25, 0.3) is 0 Å². The predicted octanol–water partition coefficient (Wildman–Crippen LogP) is 2.27. The van der Waals surface area contributed by atoms with Gasteiger partial charge in [-0.05, 0) is 49.2 Å². The van der Waals surface area contributed by atoms with Crippen LogP contribution in [0.15, 0.2) is 58.8 Å². The van der Waals surface area contributed by atoms with Gasteiger partial charge >= 0.3 is 12.0 Å². The van der Waals surface area contributed by atoms with Gasteiger partial charge in [-0.1, -0.05) is 18.2 Å². The molecule has 11 heteroatoms. The fraction of sp³-hybridized carbons (Fsp3) is 0.346. The van der Waals surface area contributed by atoms with Crippen molar-refractivity contribution >= 4 is 23.9 Å². The van der Waals surface area contributed by atoms with E-state index in [0.29, 0.717) is 29.4 Å². The molecule has 0 radical (unpaired) electrons. The van der Waals surface area contributed by atoms with Gasteiger partial charge in [-0.2, -0.15) is 5.10 Å².